The number of hydrogen-bond donors (Lipinski definition) is 1. The maximum absolute atomic E-state index is 12.9. The number of aromatic amines is 1. The first-order valence-electron chi connectivity index (χ1n) is 9.04. The lowest BCUT2D eigenvalue weighted by molar-refractivity contribution is 0.0719. The fraction of sp³-hybridized carbons (Fsp3) is 0.778. The normalized spacial score (nSPS) is 32.3. The van der Waals surface area contributed by atoms with Crippen LogP contribution in [0.2, 0.25) is 0 Å². The van der Waals surface area contributed by atoms with E-state index in [4.69, 9.17) is 0 Å². The topological polar surface area (TPSA) is 52.2 Å². The van der Waals surface area contributed by atoms with E-state index in [1.165, 1.54) is 36.9 Å². The summed E-state index contributed by atoms with van der Waals surface area (Å²) in [5, 5.41) is 7.38. The standard InChI is InChI=1S/C18H28N4O/c1-21(2)13-7-11-9-14(10-12(11)8-13)22(3)18(23)17-15-5-4-6-16(15)19-20-17/h11-14H,4-10H2,1-3H3,(H,19,20)/t11-,12+,13?,14?. The van der Waals surface area contributed by atoms with E-state index in [1.54, 1.807) is 0 Å². The first-order chi connectivity index (χ1) is 11.0. The summed E-state index contributed by atoms with van der Waals surface area (Å²) >= 11 is 0. The van der Waals surface area contributed by atoms with Gasteiger partial charge in [0.2, 0.25) is 0 Å². The van der Waals surface area contributed by atoms with Gasteiger partial charge in [-0.1, -0.05) is 0 Å². The van der Waals surface area contributed by atoms with Crippen LogP contribution in [0.1, 0.15) is 53.8 Å². The van der Waals surface area contributed by atoms with Gasteiger partial charge in [0.05, 0.1) is 0 Å². The molecule has 5 nitrogen and oxygen atoms in total. The van der Waals surface area contributed by atoms with Gasteiger partial charge in [0.25, 0.3) is 5.91 Å². The van der Waals surface area contributed by atoms with Crippen molar-refractivity contribution in [2.75, 3.05) is 21.1 Å². The first-order valence-corrected chi connectivity index (χ1v) is 9.04. The van der Waals surface area contributed by atoms with Gasteiger partial charge in [0, 0.05) is 30.4 Å². The number of carbonyl (C=O) groups is 1. The molecule has 1 aromatic rings. The maximum atomic E-state index is 12.9. The molecule has 2 unspecified atom stereocenters. The monoisotopic (exact) mass is 316 g/mol. The van der Waals surface area contributed by atoms with Gasteiger partial charge in [-0.05, 0) is 70.9 Å². The molecule has 0 aliphatic heterocycles. The van der Waals surface area contributed by atoms with Crippen LogP contribution in [0, 0.1) is 11.8 Å². The van der Waals surface area contributed by atoms with Gasteiger partial charge in [-0.3, -0.25) is 9.89 Å². The van der Waals surface area contributed by atoms with E-state index in [9.17, 15) is 4.79 Å². The van der Waals surface area contributed by atoms with Crippen LogP contribution in [0.3, 0.4) is 0 Å². The predicted octanol–water partition coefficient (Wildman–Crippen LogP) is 2.09. The number of aryl methyl sites for hydroxylation is 1. The second-order valence-electron chi connectivity index (χ2n) is 8.03. The zero-order valence-corrected chi connectivity index (χ0v) is 14.5. The largest absolute Gasteiger partial charge is 0.337 e. The maximum Gasteiger partial charge on any atom is 0.274 e. The van der Waals surface area contributed by atoms with Gasteiger partial charge < -0.3 is 9.80 Å². The Balaban J connectivity index is 1.43. The summed E-state index contributed by atoms with van der Waals surface area (Å²) < 4.78 is 0. The van der Waals surface area contributed by atoms with E-state index in [0.29, 0.717) is 11.7 Å². The van der Waals surface area contributed by atoms with E-state index >= 15 is 0 Å². The highest BCUT2D eigenvalue weighted by atomic mass is 16.2. The van der Waals surface area contributed by atoms with Crippen LogP contribution in [0.5, 0.6) is 0 Å². The summed E-state index contributed by atoms with van der Waals surface area (Å²) in [6.45, 7) is 0. The minimum atomic E-state index is 0.124. The lowest BCUT2D eigenvalue weighted by Crippen LogP contribution is -2.37. The van der Waals surface area contributed by atoms with Crippen molar-refractivity contribution in [3.8, 4) is 0 Å². The second-order valence-corrected chi connectivity index (χ2v) is 8.03. The highest BCUT2D eigenvalue weighted by molar-refractivity contribution is 5.94. The molecular weight excluding hydrogens is 288 g/mol. The fourth-order valence-corrected chi connectivity index (χ4v) is 5.12. The highest BCUT2D eigenvalue weighted by Crippen LogP contribution is 2.46. The molecule has 0 spiro atoms. The molecule has 1 amide bonds. The predicted molar refractivity (Wildman–Crippen MR) is 89.4 cm³/mol. The third-order valence-electron chi connectivity index (χ3n) is 6.57. The number of rotatable bonds is 3. The Morgan fingerprint density at radius 3 is 2.35 bits per heavy atom. The van der Waals surface area contributed by atoms with Crippen molar-refractivity contribution in [3.05, 3.63) is 17.0 Å². The van der Waals surface area contributed by atoms with E-state index < -0.39 is 0 Å². The fourth-order valence-electron chi connectivity index (χ4n) is 5.12. The summed E-state index contributed by atoms with van der Waals surface area (Å²) in [6, 6.07) is 1.14. The zero-order chi connectivity index (χ0) is 16.1. The molecule has 0 aromatic carbocycles. The lowest BCUT2D eigenvalue weighted by Gasteiger charge is -2.26. The van der Waals surface area contributed by atoms with Crippen molar-refractivity contribution in [1.29, 1.82) is 0 Å². The number of nitrogens with zero attached hydrogens (tertiary/aromatic N) is 3. The van der Waals surface area contributed by atoms with Crippen molar-refractivity contribution in [1.82, 2.24) is 20.0 Å². The van der Waals surface area contributed by atoms with Gasteiger partial charge in [0.15, 0.2) is 5.69 Å². The van der Waals surface area contributed by atoms with Crippen molar-refractivity contribution in [3.63, 3.8) is 0 Å². The SMILES string of the molecule is CN(C)C1C[C@@H]2CC(N(C)C(=O)c3n[nH]c4c3CCC4)C[C@@H]2C1. The van der Waals surface area contributed by atoms with Crippen LogP contribution < -0.4 is 0 Å². The molecule has 1 heterocycles. The Hall–Kier alpha value is -1.36. The molecule has 4 rings (SSSR count). The third kappa shape index (κ3) is 2.49. The van der Waals surface area contributed by atoms with E-state index in [1.807, 2.05) is 11.9 Å². The van der Waals surface area contributed by atoms with E-state index in [0.717, 1.165) is 37.1 Å². The highest BCUT2D eigenvalue weighted by Gasteiger charge is 2.44. The van der Waals surface area contributed by atoms with Crippen LogP contribution in [0.25, 0.3) is 0 Å². The van der Waals surface area contributed by atoms with Gasteiger partial charge >= 0.3 is 0 Å². The second kappa shape index (κ2) is 5.62. The Labute approximate surface area is 138 Å². The molecule has 0 bridgehead atoms. The molecule has 3 aliphatic carbocycles. The van der Waals surface area contributed by atoms with Crippen LogP contribution in [-0.2, 0) is 12.8 Å². The van der Waals surface area contributed by atoms with Gasteiger partial charge in [-0.25, -0.2) is 0 Å². The number of aromatic nitrogens is 2. The zero-order valence-electron chi connectivity index (χ0n) is 14.5. The van der Waals surface area contributed by atoms with E-state index in [-0.39, 0.29) is 5.91 Å². The van der Waals surface area contributed by atoms with Crippen LogP contribution in [0.4, 0.5) is 0 Å². The molecule has 126 valence electrons. The molecule has 4 atom stereocenters. The average Bonchev–Trinajstić information content (AvgIpc) is 3.23. The number of fused-ring (bicyclic) bond motifs is 2. The van der Waals surface area contributed by atoms with Gasteiger partial charge in [-0.15, -0.1) is 0 Å². The minimum absolute atomic E-state index is 0.124. The van der Waals surface area contributed by atoms with Crippen LogP contribution in [0.15, 0.2) is 0 Å². The molecule has 3 aliphatic rings. The molecular formula is C18H28N4O. The molecule has 5 heteroatoms. The molecule has 2 fully saturated rings. The summed E-state index contributed by atoms with van der Waals surface area (Å²) in [4.78, 5) is 17.2. The quantitative estimate of drug-likeness (QED) is 0.929. The Kier molecular flexibility index (Phi) is 3.71. The molecule has 0 saturated heterocycles. The smallest absolute Gasteiger partial charge is 0.274 e. The summed E-state index contributed by atoms with van der Waals surface area (Å²) in [6.07, 6.45) is 8.13. The van der Waals surface area contributed by atoms with Crippen LogP contribution in [-0.4, -0.2) is 59.1 Å². The van der Waals surface area contributed by atoms with Crippen molar-refractivity contribution in [2.24, 2.45) is 11.8 Å². The number of H-pyrrole nitrogens is 1. The summed E-state index contributed by atoms with van der Waals surface area (Å²) in [7, 11) is 6.36. The van der Waals surface area contributed by atoms with Crippen LogP contribution >= 0.6 is 0 Å². The average molecular weight is 316 g/mol. The summed E-state index contributed by atoms with van der Waals surface area (Å²) in [5.41, 5.74) is 3.04. The van der Waals surface area contributed by atoms with Crippen molar-refractivity contribution < 1.29 is 4.79 Å². The number of carbonyl (C=O) groups excluding carboxylic acids is 1. The number of amides is 1. The first kappa shape index (κ1) is 15.2. The van der Waals surface area contributed by atoms with Crippen molar-refractivity contribution in [2.45, 2.75) is 57.0 Å². The summed E-state index contributed by atoms with van der Waals surface area (Å²) in [5.74, 6) is 1.72. The molecule has 1 N–H and O–H groups in total. The lowest BCUT2D eigenvalue weighted by atomic mass is 10.0. The Bertz CT molecular complexity index is 594. The van der Waals surface area contributed by atoms with Gasteiger partial charge in [-0.2, -0.15) is 5.10 Å². The third-order valence-corrected chi connectivity index (χ3v) is 6.57. The van der Waals surface area contributed by atoms with Gasteiger partial charge in [0.1, 0.15) is 0 Å². The minimum Gasteiger partial charge on any atom is -0.337 e. The molecule has 2 saturated carbocycles. The van der Waals surface area contributed by atoms with Crippen molar-refractivity contribution >= 4 is 5.91 Å². The number of nitrogens with one attached hydrogen (secondary N) is 1. The molecule has 0 radical (unpaired) electrons. The Morgan fingerprint density at radius 2 is 1.70 bits per heavy atom. The van der Waals surface area contributed by atoms with E-state index in [2.05, 4.69) is 29.2 Å². The molecule has 23 heavy (non-hydrogen) atoms. The molecule has 1 aromatic heterocycles. The number of hydrogen-bond acceptors (Lipinski definition) is 3. The Morgan fingerprint density at radius 1 is 1.04 bits per heavy atom.